The van der Waals surface area contributed by atoms with Crippen molar-refractivity contribution >= 4 is 25.5 Å². The van der Waals surface area contributed by atoms with Crippen LogP contribution in [0.4, 0.5) is 0 Å². The summed E-state index contributed by atoms with van der Waals surface area (Å²) in [6.07, 6.45) is 0. The van der Waals surface area contributed by atoms with E-state index in [-0.39, 0.29) is 0 Å². The Bertz CT molecular complexity index is 490. The van der Waals surface area contributed by atoms with Crippen LogP contribution in [0.1, 0.15) is 14.6 Å². The first-order valence-electron chi connectivity index (χ1n) is 4.42. The Morgan fingerprint density at radius 3 is 2.14 bits per heavy atom. The Hall–Kier alpha value is -0.861. The number of hydrogen-bond acceptors (Lipinski definition) is 3. The Morgan fingerprint density at radius 2 is 1.57 bits per heavy atom. The Balaban J connectivity index is 2.82. The van der Waals surface area contributed by atoms with Gasteiger partial charge in [-0.2, -0.15) is 0 Å². The Labute approximate surface area is 88.9 Å². The molecule has 4 heteroatoms. The molecule has 74 valence electrons. The van der Waals surface area contributed by atoms with E-state index >= 15 is 0 Å². The number of fused-ring (bicyclic) bond motifs is 1. The Kier molecular flexibility index (Phi) is 2.33. The average molecular weight is 255 g/mol. The normalized spacial score (nSPS) is 10.9. The van der Waals surface area contributed by atoms with E-state index in [1.54, 1.807) is 7.11 Å². The summed E-state index contributed by atoms with van der Waals surface area (Å²) in [5.41, 5.74) is 2.97. The number of hydrogen-bond donors (Lipinski definition) is 0. The molecule has 0 aliphatic heterocycles. The monoisotopic (exact) mass is 256 g/mol. The topological polar surface area (TPSA) is 35.0 Å². The second-order valence-corrected chi connectivity index (χ2v) is 6.23. The molecular formula is C10H12N2OSe. The molecule has 2 heterocycles. The van der Waals surface area contributed by atoms with Gasteiger partial charge in [0.2, 0.25) is 0 Å². The summed E-state index contributed by atoms with van der Waals surface area (Å²) >= 11 is 0.432. The molecule has 2 rings (SSSR count). The van der Waals surface area contributed by atoms with Crippen LogP contribution in [0.5, 0.6) is 5.88 Å². The van der Waals surface area contributed by atoms with Gasteiger partial charge in [-0.05, 0) is 0 Å². The second kappa shape index (κ2) is 3.37. The van der Waals surface area contributed by atoms with Gasteiger partial charge in [-0.1, -0.05) is 0 Å². The third-order valence-electron chi connectivity index (χ3n) is 2.19. The van der Waals surface area contributed by atoms with Crippen molar-refractivity contribution in [3.05, 3.63) is 14.6 Å². The summed E-state index contributed by atoms with van der Waals surface area (Å²) in [6.45, 7) is 6.19. The molecule has 0 aromatic carbocycles. The minimum atomic E-state index is 0.432. The van der Waals surface area contributed by atoms with E-state index in [1.807, 2.05) is 6.92 Å². The van der Waals surface area contributed by atoms with Crippen LogP contribution < -0.4 is 4.74 Å². The van der Waals surface area contributed by atoms with Crippen molar-refractivity contribution in [2.24, 2.45) is 0 Å². The van der Waals surface area contributed by atoms with Crippen molar-refractivity contribution in [3.8, 4) is 5.88 Å². The number of rotatable bonds is 1. The summed E-state index contributed by atoms with van der Waals surface area (Å²) < 4.78 is 7.87. The first kappa shape index (κ1) is 9.69. The van der Waals surface area contributed by atoms with Gasteiger partial charge in [0.1, 0.15) is 0 Å². The van der Waals surface area contributed by atoms with Gasteiger partial charge in [-0.15, -0.1) is 0 Å². The van der Waals surface area contributed by atoms with Gasteiger partial charge < -0.3 is 0 Å². The van der Waals surface area contributed by atoms with E-state index in [0.29, 0.717) is 20.4 Å². The molecule has 0 atom stereocenters. The van der Waals surface area contributed by atoms with Gasteiger partial charge in [0, 0.05) is 0 Å². The number of methoxy groups -OCH3 is 1. The predicted octanol–water partition coefficient (Wildman–Crippen LogP) is 1.62. The van der Waals surface area contributed by atoms with Crippen LogP contribution in [-0.2, 0) is 0 Å². The fraction of sp³-hybridized carbons (Fsp3) is 0.400. The van der Waals surface area contributed by atoms with Gasteiger partial charge in [-0.3, -0.25) is 0 Å². The molecule has 0 spiro atoms. The van der Waals surface area contributed by atoms with Gasteiger partial charge in [-0.25, -0.2) is 0 Å². The molecule has 0 saturated carbocycles. The maximum absolute atomic E-state index is 5.16. The molecule has 0 unspecified atom stereocenters. The van der Waals surface area contributed by atoms with Crippen LogP contribution in [0.3, 0.4) is 0 Å². The molecule has 0 aliphatic rings. The summed E-state index contributed by atoms with van der Waals surface area (Å²) in [5, 5.41) is 0. The molecular weight excluding hydrogens is 243 g/mol. The first-order chi connectivity index (χ1) is 6.63. The third-order valence-corrected chi connectivity index (χ3v) is 4.29. The van der Waals surface area contributed by atoms with Crippen LogP contribution in [0.2, 0.25) is 0 Å². The zero-order valence-corrected chi connectivity index (χ0v) is 10.4. The standard InChI is InChI=1S/C10H12N2OSe/c1-5-10(13-4)12-9-7(3)14-6(2)8(9)11-5/h1-4H3. The average Bonchev–Trinajstić information content (AvgIpc) is 2.41. The van der Waals surface area contributed by atoms with Crippen molar-refractivity contribution < 1.29 is 4.74 Å². The molecule has 0 radical (unpaired) electrons. The van der Waals surface area contributed by atoms with E-state index in [0.717, 1.165) is 16.7 Å². The SMILES string of the molecule is COc1nc2c(C)[se]c(C)c2nc1C. The van der Waals surface area contributed by atoms with Gasteiger partial charge in [0.05, 0.1) is 0 Å². The summed E-state index contributed by atoms with van der Waals surface area (Å²) in [5.74, 6) is 0.647. The van der Waals surface area contributed by atoms with E-state index in [9.17, 15) is 0 Å². The first-order valence-corrected chi connectivity index (χ1v) is 6.13. The van der Waals surface area contributed by atoms with Crippen molar-refractivity contribution in [2.45, 2.75) is 20.8 Å². The molecule has 0 N–H and O–H groups in total. The summed E-state index contributed by atoms with van der Waals surface area (Å²) in [7, 11) is 1.63. The zero-order valence-electron chi connectivity index (χ0n) is 8.71. The molecule has 0 fully saturated rings. The van der Waals surface area contributed by atoms with Crippen LogP contribution in [0, 0.1) is 20.8 Å². The van der Waals surface area contributed by atoms with Crippen LogP contribution in [0.15, 0.2) is 0 Å². The van der Waals surface area contributed by atoms with E-state index in [4.69, 9.17) is 4.74 Å². The van der Waals surface area contributed by atoms with Gasteiger partial charge in [0.15, 0.2) is 0 Å². The molecule has 2 aromatic heterocycles. The van der Waals surface area contributed by atoms with Crippen molar-refractivity contribution in [1.82, 2.24) is 9.97 Å². The van der Waals surface area contributed by atoms with Gasteiger partial charge >= 0.3 is 88.6 Å². The van der Waals surface area contributed by atoms with Crippen LogP contribution >= 0.6 is 0 Å². The summed E-state index contributed by atoms with van der Waals surface area (Å²) in [4.78, 5) is 9.00. The zero-order chi connectivity index (χ0) is 10.3. The molecule has 14 heavy (non-hydrogen) atoms. The van der Waals surface area contributed by atoms with Crippen LogP contribution in [0.25, 0.3) is 11.0 Å². The number of aryl methyl sites for hydroxylation is 3. The number of nitrogens with zero attached hydrogens (tertiary/aromatic N) is 2. The van der Waals surface area contributed by atoms with Crippen LogP contribution in [-0.4, -0.2) is 31.6 Å². The Morgan fingerprint density at radius 1 is 1.00 bits per heavy atom. The van der Waals surface area contributed by atoms with E-state index < -0.39 is 0 Å². The maximum atomic E-state index is 5.16. The van der Waals surface area contributed by atoms with Gasteiger partial charge in [0.25, 0.3) is 0 Å². The minimum absolute atomic E-state index is 0.432. The number of aromatic nitrogens is 2. The predicted molar refractivity (Wildman–Crippen MR) is 57.2 cm³/mol. The van der Waals surface area contributed by atoms with E-state index in [1.165, 1.54) is 8.87 Å². The fourth-order valence-corrected chi connectivity index (χ4v) is 3.48. The third kappa shape index (κ3) is 1.35. The molecule has 3 nitrogen and oxygen atoms in total. The quantitative estimate of drug-likeness (QED) is 0.726. The van der Waals surface area contributed by atoms with Crippen molar-refractivity contribution in [2.75, 3.05) is 7.11 Å². The van der Waals surface area contributed by atoms with Crippen molar-refractivity contribution in [3.63, 3.8) is 0 Å². The second-order valence-electron chi connectivity index (χ2n) is 3.23. The fourth-order valence-electron chi connectivity index (χ4n) is 1.51. The van der Waals surface area contributed by atoms with Crippen molar-refractivity contribution in [1.29, 1.82) is 0 Å². The molecule has 0 amide bonds. The summed E-state index contributed by atoms with van der Waals surface area (Å²) in [6, 6.07) is 0. The molecule has 0 saturated heterocycles. The molecule has 0 bridgehead atoms. The number of ether oxygens (including phenoxy) is 1. The van der Waals surface area contributed by atoms with E-state index in [2.05, 4.69) is 23.8 Å². The molecule has 2 aromatic rings. The molecule has 0 aliphatic carbocycles.